The normalized spacial score (nSPS) is 11.8. The maximum Gasteiger partial charge on any atom is 0.261 e. The van der Waals surface area contributed by atoms with Crippen LogP contribution in [0, 0.1) is 11.3 Å². The molecule has 1 aromatic carbocycles. The van der Waals surface area contributed by atoms with Crippen LogP contribution in [-0.2, 0) is 11.8 Å². The smallest absolute Gasteiger partial charge is 0.261 e. The van der Waals surface area contributed by atoms with Crippen molar-refractivity contribution in [3.63, 3.8) is 0 Å². The van der Waals surface area contributed by atoms with Gasteiger partial charge < -0.3 is 9.88 Å². The fourth-order valence-electron chi connectivity index (χ4n) is 2.63. The number of nitrogens with zero attached hydrogens (tertiary/aromatic N) is 3. The number of carbonyl (C=O) groups is 2. The van der Waals surface area contributed by atoms with E-state index in [1.54, 1.807) is 23.7 Å². The van der Waals surface area contributed by atoms with Gasteiger partial charge >= 0.3 is 0 Å². The third kappa shape index (κ3) is 3.44. The Kier molecular flexibility index (Phi) is 4.91. The van der Waals surface area contributed by atoms with E-state index in [-0.39, 0.29) is 24.7 Å². The molecule has 6 nitrogen and oxygen atoms in total. The average Bonchev–Trinajstić information content (AvgIpc) is 3.25. The Hall–Kier alpha value is -2.98. The Labute approximate surface area is 148 Å². The SMILES string of the molecule is Cn1c(C(C#N)C(=O)CCNC(=O)c2cccs2)nc2ccccc21. The lowest BCUT2D eigenvalue weighted by molar-refractivity contribution is -0.119. The maximum absolute atomic E-state index is 12.4. The molecule has 2 aromatic heterocycles. The topological polar surface area (TPSA) is 87.8 Å². The zero-order valence-electron chi connectivity index (χ0n) is 13.6. The number of imidazole rings is 1. The number of amides is 1. The van der Waals surface area contributed by atoms with E-state index in [9.17, 15) is 14.9 Å². The molecule has 0 saturated carbocycles. The van der Waals surface area contributed by atoms with Gasteiger partial charge in [-0.15, -0.1) is 11.3 Å². The van der Waals surface area contributed by atoms with Crippen LogP contribution in [0.5, 0.6) is 0 Å². The molecule has 3 rings (SSSR count). The number of thiophene rings is 1. The summed E-state index contributed by atoms with van der Waals surface area (Å²) in [6.45, 7) is 0.192. The van der Waals surface area contributed by atoms with Gasteiger partial charge in [0.2, 0.25) is 0 Å². The van der Waals surface area contributed by atoms with E-state index in [4.69, 9.17) is 0 Å². The number of fused-ring (bicyclic) bond motifs is 1. The number of ketones is 1. The number of Topliss-reactive ketones (excluding diaryl/α,β-unsaturated/α-hetero) is 1. The van der Waals surface area contributed by atoms with Crippen LogP contribution in [0.3, 0.4) is 0 Å². The highest BCUT2D eigenvalue weighted by Crippen LogP contribution is 2.22. The first-order chi connectivity index (χ1) is 12.1. The number of rotatable bonds is 6. The summed E-state index contributed by atoms with van der Waals surface area (Å²) >= 11 is 1.34. The van der Waals surface area contributed by atoms with Crippen LogP contribution in [0.1, 0.15) is 27.8 Å². The predicted octanol–water partition coefficient (Wildman–Crippen LogP) is 2.63. The summed E-state index contributed by atoms with van der Waals surface area (Å²) in [6.07, 6.45) is 0.0819. The third-order valence-corrected chi connectivity index (χ3v) is 4.80. The highest BCUT2D eigenvalue weighted by Gasteiger charge is 2.25. The average molecular weight is 352 g/mol. The Morgan fingerprint density at radius 1 is 1.32 bits per heavy atom. The quantitative estimate of drug-likeness (QED) is 0.739. The molecule has 2 heterocycles. The van der Waals surface area contributed by atoms with E-state index in [1.807, 2.05) is 35.7 Å². The van der Waals surface area contributed by atoms with Crippen molar-refractivity contribution < 1.29 is 9.59 Å². The maximum atomic E-state index is 12.4. The molecule has 7 heteroatoms. The molecule has 1 amide bonds. The number of hydrogen-bond donors (Lipinski definition) is 1. The van der Waals surface area contributed by atoms with Gasteiger partial charge in [-0.2, -0.15) is 5.26 Å². The largest absolute Gasteiger partial charge is 0.351 e. The molecule has 1 unspecified atom stereocenters. The summed E-state index contributed by atoms with van der Waals surface area (Å²) in [4.78, 5) is 29.3. The molecular formula is C18H16N4O2S. The van der Waals surface area contributed by atoms with Gasteiger partial charge in [0, 0.05) is 20.0 Å². The summed E-state index contributed by atoms with van der Waals surface area (Å²) in [5.41, 5.74) is 1.62. The van der Waals surface area contributed by atoms with Crippen molar-refractivity contribution in [3.05, 3.63) is 52.5 Å². The van der Waals surface area contributed by atoms with Crippen molar-refractivity contribution in [1.29, 1.82) is 5.26 Å². The van der Waals surface area contributed by atoms with E-state index in [0.717, 1.165) is 11.0 Å². The van der Waals surface area contributed by atoms with Gasteiger partial charge in [0.25, 0.3) is 5.91 Å². The molecule has 0 spiro atoms. The number of nitriles is 1. The number of para-hydroxylation sites is 2. The molecule has 0 fully saturated rings. The number of aryl methyl sites for hydroxylation is 1. The zero-order valence-corrected chi connectivity index (χ0v) is 14.4. The Morgan fingerprint density at radius 2 is 2.12 bits per heavy atom. The molecule has 0 saturated heterocycles. The lowest BCUT2D eigenvalue weighted by atomic mass is 10.0. The number of hydrogen-bond acceptors (Lipinski definition) is 5. The molecule has 0 aliphatic rings. The number of carbonyl (C=O) groups excluding carboxylic acids is 2. The minimum Gasteiger partial charge on any atom is -0.351 e. The summed E-state index contributed by atoms with van der Waals surface area (Å²) in [5, 5.41) is 14.0. The van der Waals surface area contributed by atoms with Crippen molar-refractivity contribution in [2.24, 2.45) is 7.05 Å². The standard InChI is InChI=1S/C18H16N4O2S/c1-22-14-6-3-2-5-13(14)21-17(22)12(11-19)15(23)8-9-20-18(24)16-7-4-10-25-16/h2-7,10,12H,8-9H2,1H3,(H,20,24). The molecule has 1 N–H and O–H groups in total. The van der Waals surface area contributed by atoms with Crippen molar-refractivity contribution >= 4 is 34.1 Å². The van der Waals surface area contributed by atoms with Crippen LogP contribution in [0.4, 0.5) is 0 Å². The number of nitrogens with one attached hydrogen (secondary N) is 1. The van der Waals surface area contributed by atoms with E-state index in [2.05, 4.69) is 10.3 Å². The lowest BCUT2D eigenvalue weighted by Crippen LogP contribution is -2.27. The molecule has 0 radical (unpaired) electrons. The number of benzene rings is 1. The monoisotopic (exact) mass is 352 g/mol. The van der Waals surface area contributed by atoms with Crippen LogP contribution >= 0.6 is 11.3 Å². The molecule has 3 aromatic rings. The molecule has 0 aliphatic heterocycles. The third-order valence-electron chi connectivity index (χ3n) is 3.93. The number of aromatic nitrogens is 2. The van der Waals surface area contributed by atoms with Crippen molar-refractivity contribution in [3.8, 4) is 6.07 Å². The highest BCUT2D eigenvalue weighted by atomic mass is 32.1. The summed E-state index contributed by atoms with van der Waals surface area (Å²) in [7, 11) is 1.79. The highest BCUT2D eigenvalue weighted by molar-refractivity contribution is 7.12. The van der Waals surface area contributed by atoms with E-state index in [1.165, 1.54) is 11.3 Å². The van der Waals surface area contributed by atoms with Crippen LogP contribution in [0.25, 0.3) is 11.0 Å². The fraction of sp³-hybridized carbons (Fsp3) is 0.222. The molecule has 126 valence electrons. The molecule has 0 aliphatic carbocycles. The van der Waals surface area contributed by atoms with Crippen molar-refractivity contribution in [2.75, 3.05) is 6.54 Å². The first-order valence-corrected chi connectivity index (χ1v) is 8.65. The summed E-state index contributed by atoms with van der Waals surface area (Å²) in [6, 6.07) is 13.0. The Morgan fingerprint density at radius 3 is 2.80 bits per heavy atom. The van der Waals surface area contributed by atoms with Gasteiger partial charge in [0.05, 0.1) is 22.0 Å². The van der Waals surface area contributed by atoms with Crippen LogP contribution < -0.4 is 5.32 Å². The predicted molar refractivity (Wildman–Crippen MR) is 95.3 cm³/mol. The summed E-state index contributed by atoms with van der Waals surface area (Å²) in [5.74, 6) is -0.985. The first kappa shape index (κ1) is 16.9. The van der Waals surface area contributed by atoms with E-state index >= 15 is 0 Å². The van der Waals surface area contributed by atoms with Gasteiger partial charge in [-0.1, -0.05) is 18.2 Å². The van der Waals surface area contributed by atoms with Gasteiger partial charge in [0.1, 0.15) is 5.82 Å². The van der Waals surface area contributed by atoms with Crippen LogP contribution in [-0.4, -0.2) is 27.8 Å². The second-order valence-electron chi connectivity index (χ2n) is 5.53. The van der Waals surface area contributed by atoms with Crippen molar-refractivity contribution in [2.45, 2.75) is 12.3 Å². The van der Waals surface area contributed by atoms with E-state index < -0.39 is 5.92 Å². The summed E-state index contributed by atoms with van der Waals surface area (Å²) < 4.78 is 1.77. The fourth-order valence-corrected chi connectivity index (χ4v) is 3.27. The molecule has 25 heavy (non-hydrogen) atoms. The second kappa shape index (κ2) is 7.28. The van der Waals surface area contributed by atoms with Crippen molar-refractivity contribution in [1.82, 2.24) is 14.9 Å². The minimum atomic E-state index is -0.948. The van der Waals surface area contributed by atoms with Gasteiger partial charge in [0.15, 0.2) is 11.7 Å². The van der Waals surface area contributed by atoms with Crippen LogP contribution in [0.2, 0.25) is 0 Å². The van der Waals surface area contributed by atoms with E-state index in [0.29, 0.717) is 10.7 Å². The Balaban J connectivity index is 1.68. The van der Waals surface area contributed by atoms with Crippen LogP contribution in [0.15, 0.2) is 41.8 Å². The lowest BCUT2D eigenvalue weighted by Gasteiger charge is -2.09. The molecule has 0 bridgehead atoms. The second-order valence-corrected chi connectivity index (χ2v) is 6.48. The molecular weight excluding hydrogens is 336 g/mol. The van der Waals surface area contributed by atoms with Gasteiger partial charge in [-0.05, 0) is 23.6 Å². The van der Waals surface area contributed by atoms with Gasteiger partial charge in [-0.25, -0.2) is 4.98 Å². The minimum absolute atomic E-state index is 0.0819. The van der Waals surface area contributed by atoms with Gasteiger partial charge in [-0.3, -0.25) is 9.59 Å². The Bertz CT molecular complexity index is 953. The zero-order chi connectivity index (χ0) is 17.8. The molecule has 1 atom stereocenters. The first-order valence-electron chi connectivity index (χ1n) is 7.77.